The van der Waals surface area contributed by atoms with Gasteiger partial charge in [-0.25, -0.2) is 4.39 Å². The molecule has 0 aliphatic heterocycles. The number of rotatable bonds is 3. The fraction of sp³-hybridized carbons (Fsp3) is 0.400. The molecule has 2 N–H and O–H groups in total. The van der Waals surface area contributed by atoms with Gasteiger partial charge in [0.25, 0.3) is 0 Å². The lowest BCUT2D eigenvalue weighted by Gasteiger charge is -2.18. The summed E-state index contributed by atoms with van der Waals surface area (Å²) in [5, 5.41) is 0. The van der Waals surface area contributed by atoms with Gasteiger partial charge in [0.1, 0.15) is 11.6 Å². The predicted molar refractivity (Wildman–Crippen MR) is 50.4 cm³/mol. The SMILES string of the molecule is CC(Oc1cc(F)cc(CN)c1)C(F)(F)F. The molecule has 0 saturated carbocycles. The van der Waals surface area contributed by atoms with Gasteiger partial charge in [0.05, 0.1) is 0 Å². The van der Waals surface area contributed by atoms with Crippen LogP contribution in [0.2, 0.25) is 0 Å². The highest BCUT2D eigenvalue weighted by Gasteiger charge is 2.38. The maximum atomic E-state index is 12.9. The Hall–Kier alpha value is -1.30. The van der Waals surface area contributed by atoms with Gasteiger partial charge in [-0.2, -0.15) is 13.2 Å². The maximum absolute atomic E-state index is 12.9. The van der Waals surface area contributed by atoms with E-state index in [4.69, 9.17) is 5.73 Å². The van der Waals surface area contributed by atoms with E-state index in [-0.39, 0.29) is 12.3 Å². The molecule has 90 valence electrons. The molecule has 1 aromatic carbocycles. The number of hydrogen-bond acceptors (Lipinski definition) is 2. The summed E-state index contributed by atoms with van der Waals surface area (Å²) in [6.45, 7) is 0.890. The van der Waals surface area contributed by atoms with Crippen LogP contribution in [-0.2, 0) is 6.54 Å². The van der Waals surface area contributed by atoms with Crippen LogP contribution in [0, 0.1) is 5.82 Å². The monoisotopic (exact) mass is 237 g/mol. The van der Waals surface area contributed by atoms with Crippen molar-refractivity contribution in [3.05, 3.63) is 29.6 Å². The molecule has 0 heterocycles. The normalized spacial score (nSPS) is 13.6. The summed E-state index contributed by atoms with van der Waals surface area (Å²) >= 11 is 0. The van der Waals surface area contributed by atoms with Gasteiger partial charge in [-0.15, -0.1) is 0 Å². The molecule has 0 aromatic heterocycles. The van der Waals surface area contributed by atoms with Crippen LogP contribution < -0.4 is 10.5 Å². The summed E-state index contributed by atoms with van der Waals surface area (Å²) in [7, 11) is 0. The van der Waals surface area contributed by atoms with Crippen molar-refractivity contribution in [1.82, 2.24) is 0 Å². The Morgan fingerprint density at radius 2 is 1.94 bits per heavy atom. The number of alkyl halides is 3. The molecule has 0 spiro atoms. The predicted octanol–water partition coefficient (Wildman–Crippen LogP) is 2.61. The Morgan fingerprint density at radius 3 is 2.44 bits per heavy atom. The molecule has 0 saturated heterocycles. The molecule has 1 rings (SSSR count). The third kappa shape index (κ3) is 3.37. The second-order valence-corrected chi connectivity index (χ2v) is 3.30. The van der Waals surface area contributed by atoms with Crippen LogP contribution in [0.15, 0.2) is 18.2 Å². The second kappa shape index (κ2) is 4.69. The van der Waals surface area contributed by atoms with Crippen molar-refractivity contribution in [3.8, 4) is 5.75 Å². The molecule has 16 heavy (non-hydrogen) atoms. The minimum Gasteiger partial charge on any atom is -0.481 e. The van der Waals surface area contributed by atoms with Gasteiger partial charge in [-0.05, 0) is 24.6 Å². The molecular formula is C10H11F4NO. The highest BCUT2D eigenvalue weighted by atomic mass is 19.4. The molecule has 0 fully saturated rings. The Labute approximate surface area is 90.0 Å². The average molecular weight is 237 g/mol. The summed E-state index contributed by atoms with van der Waals surface area (Å²) < 4.78 is 54.0. The van der Waals surface area contributed by atoms with Gasteiger partial charge in [-0.3, -0.25) is 0 Å². The quantitative estimate of drug-likeness (QED) is 0.820. The first kappa shape index (κ1) is 12.8. The highest BCUT2D eigenvalue weighted by Crippen LogP contribution is 2.25. The van der Waals surface area contributed by atoms with Crippen LogP contribution in [0.1, 0.15) is 12.5 Å². The van der Waals surface area contributed by atoms with E-state index in [2.05, 4.69) is 4.74 Å². The average Bonchev–Trinajstić information content (AvgIpc) is 2.15. The van der Waals surface area contributed by atoms with Crippen molar-refractivity contribution < 1.29 is 22.3 Å². The van der Waals surface area contributed by atoms with Crippen LogP contribution >= 0.6 is 0 Å². The van der Waals surface area contributed by atoms with Gasteiger partial charge in [0.15, 0.2) is 6.10 Å². The number of halogens is 4. The van der Waals surface area contributed by atoms with Gasteiger partial charge < -0.3 is 10.5 Å². The first-order chi connectivity index (χ1) is 7.32. The number of benzene rings is 1. The zero-order valence-electron chi connectivity index (χ0n) is 8.51. The van der Waals surface area contributed by atoms with Crippen molar-refractivity contribution in [2.45, 2.75) is 25.7 Å². The van der Waals surface area contributed by atoms with Gasteiger partial charge in [0, 0.05) is 12.6 Å². The fourth-order valence-corrected chi connectivity index (χ4v) is 1.08. The number of hydrogen-bond donors (Lipinski definition) is 1. The summed E-state index contributed by atoms with van der Waals surface area (Å²) in [5.74, 6) is -0.849. The number of nitrogens with two attached hydrogens (primary N) is 1. The lowest BCUT2D eigenvalue weighted by molar-refractivity contribution is -0.189. The molecule has 2 nitrogen and oxygen atoms in total. The van der Waals surface area contributed by atoms with E-state index in [1.807, 2.05) is 0 Å². The molecule has 1 aromatic rings. The Kier molecular flexibility index (Phi) is 3.74. The Morgan fingerprint density at radius 1 is 1.31 bits per heavy atom. The molecule has 1 unspecified atom stereocenters. The number of ether oxygens (including phenoxy) is 1. The van der Waals surface area contributed by atoms with Gasteiger partial charge in [0.2, 0.25) is 0 Å². The van der Waals surface area contributed by atoms with Crippen molar-refractivity contribution in [1.29, 1.82) is 0 Å². The standard InChI is InChI=1S/C10H11F4NO/c1-6(10(12,13)14)16-9-3-7(5-15)2-8(11)4-9/h2-4,6H,5,15H2,1H3. The van der Waals surface area contributed by atoms with E-state index in [1.165, 1.54) is 6.07 Å². The molecule has 0 radical (unpaired) electrons. The van der Waals surface area contributed by atoms with E-state index in [1.54, 1.807) is 0 Å². The fourth-order valence-electron chi connectivity index (χ4n) is 1.08. The zero-order chi connectivity index (χ0) is 12.3. The van der Waals surface area contributed by atoms with E-state index in [0.29, 0.717) is 5.56 Å². The van der Waals surface area contributed by atoms with Crippen molar-refractivity contribution in [2.75, 3.05) is 0 Å². The first-order valence-corrected chi connectivity index (χ1v) is 4.56. The summed E-state index contributed by atoms with van der Waals surface area (Å²) in [4.78, 5) is 0. The summed E-state index contributed by atoms with van der Waals surface area (Å²) in [6.07, 6.45) is -6.46. The van der Waals surface area contributed by atoms with E-state index >= 15 is 0 Å². The third-order valence-electron chi connectivity index (χ3n) is 1.94. The van der Waals surface area contributed by atoms with Crippen LogP contribution in [0.3, 0.4) is 0 Å². The van der Waals surface area contributed by atoms with E-state index in [0.717, 1.165) is 19.1 Å². The Bertz CT molecular complexity index is 364. The lowest BCUT2D eigenvalue weighted by Crippen LogP contribution is -2.31. The third-order valence-corrected chi connectivity index (χ3v) is 1.94. The topological polar surface area (TPSA) is 35.2 Å². The Balaban J connectivity index is 2.85. The zero-order valence-corrected chi connectivity index (χ0v) is 8.51. The minimum absolute atomic E-state index is 0.0362. The van der Waals surface area contributed by atoms with Gasteiger partial charge >= 0.3 is 6.18 Å². The first-order valence-electron chi connectivity index (χ1n) is 4.56. The molecule has 0 aliphatic rings. The molecule has 0 bridgehead atoms. The smallest absolute Gasteiger partial charge is 0.425 e. The molecular weight excluding hydrogens is 226 g/mol. The largest absolute Gasteiger partial charge is 0.481 e. The highest BCUT2D eigenvalue weighted by molar-refractivity contribution is 5.29. The minimum atomic E-state index is -4.48. The summed E-state index contributed by atoms with van der Waals surface area (Å²) in [6, 6.07) is 3.32. The van der Waals surface area contributed by atoms with Crippen LogP contribution in [0.4, 0.5) is 17.6 Å². The molecule has 1 atom stereocenters. The van der Waals surface area contributed by atoms with Crippen molar-refractivity contribution in [2.24, 2.45) is 5.73 Å². The van der Waals surface area contributed by atoms with Crippen molar-refractivity contribution >= 4 is 0 Å². The maximum Gasteiger partial charge on any atom is 0.425 e. The molecule has 0 amide bonds. The molecule has 0 aliphatic carbocycles. The van der Waals surface area contributed by atoms with E-state index in [9.17, 15) is 17.6 Å². The van der Waals surface area contributed by atoms with Crippen molar-refractivity contribution in [3.63, 3.8) is 0 Å². The van der Waals surface area contributed by atoms with Gasteiger partial charge in [-0.1, -0.05) is 0 Å². The lowest BCUT2D eigenvalue weighted by atomic mass is 10.2. The summed E-state index contributed by atoms with van der Waals surface area (Å²) in [5.41, 5.74) is 5.64. The second-order valence-electron chi connectivity index (χ2n) is 3.30. The van der Waals surface area contributed by atoms with E-state index < -0.39 is 18.1 Å². The molecule has 6 heteroatoms. The van der Waals surface area contributed by atoms with Crippen LogP contribution in [0.5, 0.6) is 5.75 Å². The van der Waals surface area contributed by atoms with Crippen LogP contribution in [-0.4, -0.2) is 12.3 Å². The van der Waals surface area contributed by atoms with Crippen LogP contribution in [0.25, 0.3) is 0 Å².